The van der Waals surface area contributed by atoms with Crippen molar-refractivity contribution in [3.05, 3.63) is 77.5 Å². The first-order chi connectivity index (χ1) is 15.2. The zero-order valence-corrected chi connectivity index (χ0v) is 20.2. The number of unbranched alkanes of at least 4 members (excludes halogenated alkanes) is 1. The molecule has 7 nitrogen and oxygen atoms in total. The summed E-state index contributed by atoms with van der Waals surface area (Å²) in [7, 11) is 1.73. The van der Waals surface area contributed by atoms with Crippen LogP contribution in [0.15, 0.2) is 65.8 Å². The molecule has 2 heterocycles. The first kappa shape index (κ1) is 23.6. The molecule has 2 N–H and O–H groups in total. The molecule has 1 aliphatic rings. The van der Waals surface area contributed by atoms with Crippen LogP contribution in [0.1, 0.15) is 39.1 Å². The number of benzene rings is 2. The van der Waals surface area contributed by atoms with Crippen LogP contribution in [0.3, 0.4) is 0 Å². The van der Waals surface area contributed by atoms with Crippen LogP contribution < -0.4 is 10.6 Å². The van der Waals surface area contributed by atoms with Crippen molar-refractivity contribution >= 4 is 52.7 Å². The van der Waals surface area contributed by atoms with Gasteiger partial charge in [0.2, 0.25) is 0 Å². The Balaban J connectivity index is 0.00000289. The van der Waals surface area contributed by atoms with Crippen molar-refractivity contribution in [2.75, 3.05) is 20.1 Å². The molecule has 1 aliphatic heterocycles. The summed E-state index contributed by atoms with van der Waals surface area (Å²) in [5.74, 6) is 0.313. The predicted molar refractivity (Wildman–Crippen MR) is 136 cm³/mol. The summed E-state index contributed by atoms with van der Waals surface area (Å²) in [5.41, 5.74) is 3.12. The Labute approximate surface area is 204 Å². The van der Waals surface area contributed by atoms with Crippen LogP contribution in [-0.4, -0.2) is 47.8 Å². The number of fused-ring (bicyclic) bond motifs is 2. The number of pyridine rings is 1. The zero-order valence-electron chi connectivity index (χ0n) is 17.9. The molecule has 0 aliphatic carbocycles. The summed E-state index contributed by atoms with van der Waals surface area (Å²) < 4.78 is 0. The molecule has 0 atom stereocenters. The molecule has 2 aromatic carbocycles. The fraction of sp³-hybridized carbons (Fsp3) is 0.250. The van der Waals surface area contributed by atoms with Gasteiger partial charge >= 0.3 is 0 Å². The fourth-order valence-corrected chi connectivity index (χ4v) is 3.75. The third-order valence-electron chi connectivity index (χ3n) is 5.39. The minimum Gasteiger partial charge on any atom is -0.356 e. The molecule has 0 saturated carbocycles. The van der Waals surface area contributed by atoms with E-state index in [1.54, 1.807) is 31.3 Å². The van der Waals surface area contributed by atoms with Crippen molar-refractivity contribution in [2.24, 2.45) is 4.99 Å². The molecule has 166 valence electrons. The predicted octanol–water partition coefficient (Wildman–Crippen LogP) is 3.59. The Morgan fingerprint density at radius 1 is 0.938 bits per heavy atom. The van der Waals surface area contributed by atoms with Crippen molar-refractivity contribution in [3.63, 3.8) is 0 Å². The Morgan fingerprint density at radius 2 is 1.62 bits per heavy atom. The minimum atomic E-state index is -0.199. The smallest absolute Gasteiger partial charge is 0.261 e. The van der Waals surface area contributed by atoms with Gasteiger partial charge in [0.05, 0.1) is 16.6 Å². The highest BCUT2D eigenvalue weighted by molar-refractivity contribution is 14.0. The summed E-state index contributed by atoms with van der Waals surface area (Å²) in [6.07, 6.45) is 3.35. The number of nitrogens with one attached hydrogen (secondary N) is 2. The van der Waals surface area contributed by atoms with Gasteiger partial charge < -0.3 is 10.6 Å². The number of rotatable bonds is 7. The molecule has 2 amide bonds. The maximum absolute atomic E-state index is 12.4. The highest BCUT2D eigenvalue weighted by Gasteiger charge is 2.34. The monoisotopic (exact) mass is 543 g/mol. The van der Waals surface area contributed by atoms with E-state index in [-0.39, 0.29) is 35.8 Å². The normalized spacial score (nSPS) is 13.2. The highest BCUT2D eigenvalue weighted by atomic mass is 127. The lowest BCUT2D eigenvalue weighted by Crippen LogP contribution is -2.37. The van der Waals surface area contributed by atoms with Crippen molar-refractivity contribution in [3.8, 4) is 0 Å². The van der Waals surface area contributed by atoms with Gasteiger partial charge in [0.15, 0.2) is 5.96 Å². The molecule has 0 fully saturated rings. The van der Waals surface area contributed by atoms with Crippen molar-refractivity contribution in [1.29, 1.82) is 0 Å². The highest BCUT2D eigenvalue weighted by Crippen LogP contribution is 2.22. The third kappa shape index (κ3) is 5.07. The van der Waals surface area contributed by atoms with Gasteiger partial charge in [0, 0.05) is 38.3 Å². The molecule has 4 rings (SSSR count). The molecular formula is C24H26IN5O2. The molecule has 3 aromatic rings. The molecular weight excluding hydrogens is 517 g/mol. The first-order valence-corrected chi connectivity index (χ1v) is 10.4. The summed E-state index contributed by atoms with van der Waals surface area (Å²) in [6, 6.07) is 17.0. The van der Waals surface area contributed by atoms with Gasteiger partial charge in [-0.05, 0) is 42.7 Å². The zero-order chi connectivity index (χ0) is 21.6. The number of aliphatic imine (C=N–C) groups is 1. The van der Waals surface area contributed by atoms with Crippen LogP contribution in [0.25, 0.3) is 10.9 Å². The van der Waals surface area contributed by atoms with Crippen molar-refractivity contribution in [2.45, 2.75) is 19.4 Å². The van der Waals surface area contributed by atoms with E-state index in [2.05, 4.69) is 26.7 Å². The van der Waals surface area contributed by atoms with E-state index in [9.17, 15) is 9.59 Å². The van der Waals surface area contributed by atoms with E-state index in [0.29, 0.717) is 36.7 Å². The molecule has 1 aromatic heterocycles. The van der Waals surface area contributed by atoms with Crippen LogP contribution in [-0.2, 0) is 6.54 Å². The maximum Gasteiger partial charge on any atom is 0.261 e. The second kappa shape index (κ2) is 11.0. The Hall–Kier alpha value is -3.01. The van der Waals surface area contributed by atoms with E-state index in [1.165, 1.54) is 4.90 Å². The fourth-order valence-electron chi connectivity index (χ4n) is 3.75. The lowest BCUT2D eigenvalue weighted by Gasteiger charge is -2.15. The number of hydrogen-bond donors (Lipinski definition) is 2. The molecule has 0 saturated heterocycles. The van der Waals surface area contributed by atoms with E-state index >= 15 is 0 Å². The summed E-state index contributed by atoms with van der Waals surface area (Å²) in [5, 5.41) is 7.74. The van der Waals surface area contributed by atoms with Gasteiger partial charge in [-0.2, -0.15) is 0 Å². The van der Waals surface area contributed by atoms with Crippen LogP contribution in [0.2, 0.25) is 0 Å². The van der Waals surface area contributed by atoms with Crippen LogP contribution in [0.5, 0.6) is 0 Å². The lowest BCUT2D eigenvalue weighted by atomic mass is 10.1. The van der Waals surface area contributed by atoms with Crippen molar-refractivity contribution < 1.29 is 9.59 Å². The van der Waals surface area contributed by atoms with Crippen LogP contribution >= 0.6 is 24.0 Å². The second-order valence-electron chi connectivity index (χ2n) is 7.35. The Kier molecular flexibility index (Phi) is 8.15. The maximum atomic E-state index is 12.4. The Bertz CT molecular complexity index is 1110. The number of nitrogens with zero attached hydrogens (tertiary/aromatic N) is 3. The van der Waals surface area contributed by atoms with Crippen LogP contribution in [0, 0.1) is 0 Å². The topological polar surface area (TPSA) is 86.7 Å². The van der Waals surface area contributed by atoms with E-state index in [4.69, 9.17) is 0 Å². The van der Waals surface area contributed by atoms with Crippen molar-refractivity contribution in [1.82, 2.24) is 20.5 Å². The standard InChI is InChI=1S/C24H25N5O2.HI/c1-25-24(28-16-17-12-14-26-21-11-5-4-8-18(17)21)27-13-6-7-15-29-22(30)19-9-2-3-10-20(19)23(29)31;/h2-5,8-12,14H,6-7,13,15-16H2,1H3,(H2,25,27,28);1H. The third-order valence-corrected chi connectivity index (χ3v) is 5.39. The molecule has 0 spiro atoms. The number of amides is 2. The quantitative estimate of drug-likeness (QED) is 0.157. The molecule has 32 heavy (non-hydrogen) atoms. The number of aromatic nitrogens is 1. The van der Waals surface area contributed by atoms with E-state index < -0.39 is 0 Å². The second-order valence-corrected chi connectivity index (χ2v) is 7.35. The number of imide groups is 1. The van der Waals surface area contributed by atoms with Gasteiger partial charge in [-0.25, -0.2) is 0 Å². The van der Waals surface area contributed by atoms with Gasteiger partial charge in [-0.3, -0.25) is 24.5 Å². The van der Waals surface area contributed by atoms with Crippen LogP contribution in [0.4, 0.5) is 0 Å². The molecule has 0 radical (unpaired) electrons. The number of guanidine groups is 1. The summed E-state index contributed by atoms with van der Waals surface area (Å²) in [4.78, 5) is 34.8. The minimum absolute atomic E-state index is 0. The van der Waals surface area contributed by atoms with E-state index in [1.807, 2.05) is 30.5 Å². The van der Waals surface area contributed by atoms with Gasteiger partial charge in [0.25, 0.3) is 11.8 Å². The first-order valence-electron chi connectivity index (χ1n) is 10.4. The number of carbonyl (C=O) groups excluding carboxylic acids is 2. The van der Waals surface area contributed by atoms with Gasteiger partial charge in [-0.15, -0.1) is 24.0 Å². The molecule has 0 unspecified atom stereocenters. The number of hydrogen-bond acceptors (Lipinski definition) is 4. The van der Waals surface area contributed by atoms with E-state index in [0.717, 1.165) is 29.3 Å². The van der Waals surface area contributed by atoms with Gasteiger partial charge in [-0.1, -0.05) is 30.3 Å². The number of para-hydroxylation sites is 1. The lowest BCUT2D eigenvalue weighted by molar-refractivity contribution is 0.0652. The molecule has 8 heteroatoms. The average molecular weight is 543 g/mol. The molecule has 0 bridgehead atoms. The summed E-state index contributed by atoms with van der Waals surface area (Å²) in [6.45, 7) is 1.75. The number of halogens is 1. The largest absolute Gasteiger partial charge is 0.356 e. The van der Waals surface area contributed by atoms with Gasteiger partial charge in [0.1, 0.15) is 0 Å². The average Bonchev–Trinajstić information content (AvgIpc) is 3.05. The SMILES string of the molecule is CN=C(NCCCCN1C(=O)c2ccccc2C1=O)NCc1ccnc2ccccc12.I. The Morgan fingerprint density at radius 3 is 2.34 bits per heavy atom. The number of carbonyl (C=O) groups is 2. The summed E-state index contributed by atoms with van der Waals surface area (Å²) >= 11 is 0.